The number of fused-ring (bicyclic) bond motifs is 1. The molecule has 3 aromatic rings. The van der Waals surface area contributed by atoms with Crippen LogP contribution >= 0.6 is 0 Å². The van der Waals surface area contributed by atoms with Crippen LogP contribution in [0, 0.1) is 12.7 Å². The van der Waals surface area contributed by atoms with E-state index in [0.717, 1.165) is 11.1 Å². The third kappa shape index (κ3) is 4.97. The average molecular weight is 468 g/mol. The third-order valence-corrected chi connectivity index (χ3v) is 5.67. The largest absolute Gasteiger partial charge is 0.481 e. The molecule has 0 amide bonds. The van der Waals surface area contributed by atoms with Gasteiger partial charge in [-0.25, -0.2) is 19.3 Å². The van der Waals surface area contributed by atoms with Gasteiger partial charge in [0.05, 0.1) is 36.5 Å². The van der Waals surface area contributed by atoms with E-state index in [2.05, 4.69) is 20.1 Å². The summed E-state index contributed by atoms with van der Waals surface area (Å²) in [4.78, 5) is 18.5. The average Bonchev–Trinajstić information content (AvgIpc) is 2.83. The van der Waals surface area contributed by atoms with Crippen LogP contribution in [-0.2, 0) is 11.3 Å². The lowest BCUT2D eigenvalue weighted by atomic mass is 9.79. The number of rotatable bonds is 7. The molecule has 0 radical (unpaired) electrons. The predicted molar refractivity (Wildman–Crippen MR) is 124 cm³/mol. The van der Waals surface area contributed by atoms with Gasteiger partial charge in [0.25, 0.3) is 0 Å². The van der Waals surface area contributed by atoms with Gasteiger partial charge in [-0.1, -0.05) is 17.3 Å². The van der Waals surface area contributed by atoms with Crippen LogP contribution in [0.25, 0.3) is 11.3 Å². The second kappa shape index (κ2) is 10.1. The van der Waals surface area contributed by atoms with Crippen LogP contribution in [0.1, 0.15) is 34.9 Å². The predicted octanol–water partition coefficient (Wildman–Crippen LogP) is 2.38. The molecular weight excluding hydrogens is 441 g/mol. The molecular formula is C24H26FN5O4. The van der Waals surface area contributed by atoms with E-state index < -0.39 is 12.7 Å². The van der Waals surface area contributed by atoms with Gasteiger partial charge in [-0.15, -0.1) is 0 Å². The van der Waals surface area contributed by atoms with Gasteiger partial charge in [-0.05, 0) is 43.0 Å². The number of ether oxygens (including phenoxy) is 1. The highest BCUT2D eigenvalue weighted by Gasteiger charge is 2.31. The summed E-state index contributed by atoms with van der Waals surface area (Å²) >= 11 is 0. The highest BCUT2D eigenvalue weighted by atomic mass is 19.1. The lowest BCUT2D eigenvalue weighted by Gasteiger charge is -2.28. The fraction of sp³-hybridized carbons (Fsp3) is 0.333. The van der Waals surface area contributed by atoms with Gasteiger partial charge >= 0.3 is 0 Å². The smallest absolute Gasteiger partial charge is 0.220 e. The number of aromatic nitrogens is 3. The standard InChI is InChI=1S/C24H26FN5O4/c1-13-23-20(29-24(26)27-13)8-14(9-21(23)30-34-12-16(32)11-31)17-7-6-15(25)10-18(17)19-4-3-5-22(28-19)33-2/h3-7,10,14,16,31-32H,8-9,11-12H2,1-2H3,(H2,26,27,29)/b30-21+/t14-,16?/m0/s1. The summed E-state index contributed by atoms with van der Waals surface area (Å²) in [7, 11) is 1.53. The van der Waals surface area contributed by atoms with Crippen molar-refractivity contribution in [1.82, 2.24) is 15.0 Å². The van der Waals surface area contributed by atoms with Crippen LogP contribution in [0.15, 0.2) is 41.6 Å². The highest BCUT2D eigenvalue weighted by molar-refractivity contribution is 6.03. The zero-order valence-electron chi connectivity index (χ0n) is 18.9. The van der Waals surface area contributed by atoms with E-state index in [-0.39, 0.29) is 24.3 Å². The molecule has 1 aliphatic carbocycles. The number of nitrogens with zero attached hydrogens (tertiary/aromatic N) is 4. The summed E-state index contributed by atoms with van der Waals surface area (Å²) in [5.41, 5.74) is 10.7. The lowest BCUT2D eigenvalue weighted by molar-refractivity contribution is 0.00812. The molecule has 0 bridgehead atoms. The number of hydrogen-bond acceptors (Lipinski definition) is 9. The number of nitrogen functional groups attached to an aromatic ring is 1. The Morgan fingerprint density at radius 3 is 2.79 bits per heavy atom. The first-order chi connectivity index (χ1) is 16.4. The van der Waals surface area contributed by atoms with Crippen LogP contribution in [0.4, 0.5) is 10.3 Å². The van der Waals surface area contributed by atoms with E-state index in [0.29, 0.717) is 47.1 Å². The van der Waals surface area contributed by atoms with E-state index in [1.165, 1.54) is 19.2 Å². The molecule has 1 aliphatic rings. The Balaban J connectivity index is 1.77. The monoisotopic (exact) mass is 467 g/mol. The van der Waals surface area contributed by atoms with Crippen LogP contribution in [-0.4, -0.2) is 57.3 Å². The maximum atomic E-state index is 14.3. The molecule has 2 atom stereocenters. The van der Waals surface area contributed by atoms with Gasteiger partial charge in [0, 0.05) is 23.6 Å². The van der Waals surface area contributed by atoms with E-state index >= 15 is 0 Å². The zero-order chi connectivity index (χ0) is 24.2. The number of halogens is 1. The first-order valence-corrected chi connectivity index (χ1v) is 10.8. The second-order valence-corrected chi connectivity index (χ2v) is 8.06. The summed E-state index contributed by atoms with van der Waals surface area (Å²) in [6.45, 7) is 1.22. The van der Waals surface area contributed by atoms with E-state index in [1.54, 1.807) is 24.3 Å². The summed E-state index contributed by atoms with van der Waals surface area (Å²) in [6.07, 6.45) is -0.0577. The van der Waals surface area contributed by atoms with Crippen molar-refractivity contribution in [2.45, 2.75) is 31.8 Å². The quantitative estimate of drug-likeness (QED) is 0.451. The first kappa shape index (κ1) is 23.5. The summed E-state index contributed by atoms with van der Waals surface area (Å²) in [6, 6.07) is 9.94. The number of anilines is 1. The summed E-state index contributed by atoms with van der Waals surface area (Å²) < 4.78 is 19.5. The third-order valence-electron chi connectivity index (χ3n) is 5.67. The van der Waals surface area contributed by atoms with Crippen molar-refractivity contribution in [2.24, 2.45) is 5.16 Å². The molecule has 178 valence electrons. The molecule has 2 heterocycles. The van der Waals surface area contributed by atoms with Gasteiger partial charge in [0.15, 0.2) is 0 Å². The Kier molecular flexibility index (Phi) is 6.99. The van der Waals surface area contributed by atoms with E-state index in [4.69, 9.17) is 20.4 Å². The molecule has 4 rings (SSSR count). The summed E-state index contributed by atoms with van der Waals surface area (Å²) in [5, 5.41) is 22.9. The fourth-order valence-corrected chi connectivity index (χ4v) is 4.16. The lowest BCUT2D eigenvalue weighted by Crippen LogP contribution is -2.25. The van der Waals surface area contributed by atoms with Crippen LogP contribution < -0.4 is 10.5 Å². The topological polar surface area (TPSA) is 136 Å². The number of methoxy groups -OCH3 is 1. The first-order valence-electron chi connectivity index (χ1n) is 10.8. The van der Waals surface area contributed by atoms with Gasteiger partial charge in [0.1, 0.15) is 18.5 Å². The van der Waals surface area contributed by atoms with E-state index in [1.807, 2.05) is 6.92 Å². The Morgan fingerprint density at radius 1 is 1.21 bits per heavy atom. The molecule has 0 saturated carbocycles. The maximum absolute atomic E-state index is 14.3. The van der Waals surface area contributed by atoms with Crippen LogP contribution in [0.2, 0.25) is 0 Å². The van der Waals surface area contributed by atoms with Gasteiger partial charge in [-0.2, -0.15) is 0 Å². The minimum atomic E-state index is -1.05. The van der Waals surface area contributed by atoms with Crippen molar-refractivity contribution in [1.29, 1.82) is 0 Å². The fourth-order valence-electron chi connectivity index (χ4n) is 4.16. The molecule has 1 unspecified atom stereocenters. The number of benzene rings is 1. The number of pyridine rings is 1. The molecule has 1 aromatic carbocycles. The maximum Gasteiger partial charge on any atom is 0.220 e. The number of aliphatic hydroxyl groups excluding tert-OH is 2. The van der Waals surface area contributed by atoms with Crippen LogP contribution in [0.3, 0.4) is 0 Å². The van der Waals surface area contributed by atoms with Crippen molar-refractivity contribution in [3.8, 4) is 17.1 Å². The Hall–Kier alpha value is -3.63. The van der Waals surface area contributed by atoms with Gasteiger partial charge < -0.3 is 25.5 Å². The number of nitrogens with two attached hydrogens (primary N) is 1. The Bertz CT molecular complexity index is 1220. The summed E-state index contributed by atoms with van der Waals surface area (Å²) in [5.74, 6) is 0.0738. The molecule has 4 N–H and O–H groups in total. The highest BCUT2D eigenvalue weighted by Crippen LogP contribution is 2.38. The molecule has 9 nitrogen and oxygen atoms in total. The zero-order valence-corrected chi connectivity index (χ0v) is 18.9. The van der Waals surface area contributed by atoms with Crippen molar-refractivity contribution in [3.63, 3.8) is 0 Å². The second-order valence-electron chi connectivity index (χ2n) is 8.06. The number of oxime groups is 1. The van der Waals surface area contributed by atoms with Crippen molar-refractivity contribution in [2.75, 3.05) is 26.1 Å². The van der Waals surface area contributed by atoms with Gasteiger partial charge in [0.2, 0.25) is 11.8 Å². The minimum Gasteiger partial charge on any atom is -0.481 e. The molecule has 0 saturated heterocycles. The van der Waals surface area contributed by atoms with Crippen molar-refractivity contribution >= 4 is 11.7 Å². The van der Waals surface area contributed by atoms with E-state index in [9.17, 15) is 9.50 Å². The van der Waals surface area contributed by atoms with Crippen LogP contribution in [0.5, 0.6) is 5.88 Å². The number of hydrogen-bond donors (Lipinski definition) is 3. The van der Waals surface area contributed by atoms with Gasteiger partial charge in [-0.3, -0.25) is 0 Å². The molecule has 0 spiro atoms. The van der Waals surface area contributed by atoms with Crippen molar-refractivity contribution < 1.29 is 24.2 Å². The molecule has 10 heteroatoms. The Morgan fingerprint density at radius 2 is 2.03 bits per heavy atom. The SMILES string of the molecule is COc1cccc(-c2cc(F)ccc2[C@@H]2C/C(=N\OCC(O)CO)c3c(C)nc(N)nc3C2)n1. The molecule has 34 heavy (non-hydrogen) atoms. The number of aliphatic hydroxyl groups is 2. The van der Waals surface area contributed by atoms with Crippen molar-refractivity contribution in [3.05, 3.63) is 64.7 Å². The molecule has 0 aliphatic heterocycles. The molecule has 0 fully saturated rings. The molecule has 2 aromatic heterocycles. The Labute approximate surface area is 196 Å². The normalized spacial score (nSPS) is 17.3. The number of aryl methyl sites for hydroxylation is 1. The minimum absolute atomic E-state index is 0.130.